The number of fused-ring (bicyclic) bond motifs is 1. The van der Waals surface area contributed by atoms with Crippen molar-refractivity contribution in [3.05, 3.63) is 64.4 Å². The van der Waals surface area contributed by atoms with Gasteiger partial charge in [0.2, 0.25) is 5.78 Å². The molecule has 0 bridgehead atoms. The van der Waals surface area contributed by atoms with Crippen molar-refractivity contribution in [1.29, 1.82) is 0 Å². The Morgan fingerprint density at radius 1 is 1.14 bits per heavy atom. The number of carbonyl (C=O) groups excluding carboxylic acids is 2. The number of hydrogen-bond donors (Lipinski definition) is 1. The number of rotatable bonds is 6. The maximum absolute atomic E-state index is 12.7. The highest BCUT2D eigenvalue weighted by molar-refractivity contribution is 6.15. The molecule has 0 radical (unpaired) electrons. The van der Waals surface area contributed by atoms with E-state index in [1.807, 2.05) is 13.8 Å². The van der Waals surface area contributed by atoms with E-state index in [2.05, 4.69) is 9.64 Å². The number of hydrogen-bond acceptors (Lipinski definition) is 6. The fourth-order valence-electron chi connectivity index (χ4n) is 3.11. The molecule has 1 N–H and O–H groups in total. The number of carbonyl (C=O) groups is 2. The molecule has 2 aromatic rings. The second kappa shape index (κ2) is 8.27. The molecule has 0 unspecified atom stereocenters. The average molecular weight is 381 g/mol. The van der Waals surface area contributed by atoms with Crippen LogP contribution >= 0.6 is 0 Å². The van der Waals surface area contributed by atoms with E-state index in [4.69, 9.17) is 4.74 Å². The third-order valence-corrected chi connectivity index (χ3v) is 4.82. The smallest absolute Gasteiger partial charge is 0.337 e. The lowest BCUT2D eigenvalue weighted by atomic mass is 10.0. The maximum atomic E-state index is 12.7. The molecule has 0 amide bonds. The first kappa shape index (κ1) is 19.6. The van der Waals surface area contributed by atoms with Crippen LogP contribution in [0.4, 0.5) is 0 Å². The van der Waals surface area contributed by atoms with Gasteiger partial charge in [-0.25, -0.2) is 4.79 Å². The minimum atomic E-state index is -0.420. The summed E-state index contributed by atoms with van der Waals surface area (Å²) in [6, 6.07) is 9.80. The summed E-state index contributed by atoms with van der Waals surface area (Å²) >= 11 is 0. The number of benzene rings is 2. The molecule has 6 nitrogen and oxygen atoms in total. The Labute approximate surface area is 164 Å². The highest BCUT2D eigenvalue weighted by atomic mass is 16.5. The van der Waals surface area contributed by atoms with E-state index in [1.54, 1.807) is 36.4 Å². The molecule has 1 heterocycles. The van der Waals surface area contributed by atoms with Crippen LogP contribution in [0.3, 0.4) is 0 Å². The van der Waals surface area contributed by atoms with Gasteiger partial charge in [0.15, 0.2) is 5.76 Å². The molecule has 3 rings (SSSR count). The van der Waals surface area contributed by atoms with Crippen LogP contribution in [0.25, 0.3) is 6.08 Å². The van der Waals surface area contributed by atoms with Gasteiger partial charge in [-0.15, -0.1) is 0 Å². The molecular weight excluding hydrogens is 358 g/mol. The van der Waals surface area contributed by atoms with Gasteiger partial charge in [-0.2, -0.15) is 0 Å². The number of phenols is 1. The van der Waals surface area contributed by atoms with E-state index >= 15 is 0 Å². The molecule has 0 fully saturated rings. The topological polar surface area (TPSA) is 76.1 Å². The monoisotopic (exact) mass is 381 g/mol. The van der Waals surface area contributed by atoms with E-state index in [1.165, 1.54) is 13.2 Å². The Morgan fingerprint density at radius 3 is 2.43 bits per heavy atom. The summed E-state index contributed by atoms with van der Waals surface area (Å²) in [6.45, 7) is 6.22. The summed E-state index contributed by atoms with van der Waals surface area (Å²) < 4.78 is 10.5. The van der Waals surface area contributed by atoms with Crippen LogP contribution in [-0.4, -0.2) is 42.0 Å². The van der Waals surface area contributed by atoms with Crippen molar-refractivity contribution in [2.45, 2.75) is 20.4 Å². The third-order valence-electron chi connectivity index (χ3n) is 4.82. The number of phenolic OH excluding ortho intramolecular Hbond substituents is 1. The molecule has 0 saturated carbocycles. The molecule has 1 aliphatic heterocycles. The minimum Gasteiger partial charge on any atom is -0.507 e. The molecule has 28 heavy (non-hydrogen) atoms. The minimum absolute atomic E-state index is 0.113. The normalized spacial score (nSPS) is 14.3. The number of ether oxygens (including phenoxy) is 2. The highest BCUT2D eigenvalue weighted by Gasteiger charge is 2.31. The number of Topliss-reactive ketones (excluding diaryl/α,β-unsaturated/α-hetero) is 1. The quantitative estimate of drug-likeness (QED) is 0.608. The second-order valence-corrected chi connectivity index (χ2v) is 6.45. The van der Waals surface area contributed by atoms with Crippen LogP contribution in [0.5, 0.6) is 11.5 Å². The fourth-order valence-corrected chi connectivity index (χ4v) is 3.11. The number of esters is 1. The molecule has 1 aliphatic rings. The number of allylic oxidation sites excluding steroid dienone is 1. The van der Waals surface area contributed by atoms with E-state index < -0.39 is 5.97 Å². The van der Waals surface area contributed by atoms with Crippen molar-refractivity contribution >= 4 is 17.8 Å². The Kier molecular flexibility index (Phi) is 5.80. The SMILES string of the molecule is CCN(CC)Cc1c(O)ccc2c1O/C(=C/c1ccc(C(=O)OC)cc1)C2=O. The highest BCUT2D eigenvalue weighted by Crippen LogP contribution is 2.40. The van der Waals surface area contributed by atoms with E-state index in [0.717, 1.165) is 18.7 Å². The molecule has 6 heteroatoms. The zero-order chi connectivity index (χ0) is 20.3. The summed E-state index contributed by atoms with van der Waals surface area (Å²) in [4.78, 5) is 26.4. The van der Waals surface area contributed by atoms with Gasteiger partial charge in [0.05, 0.1) is 23.8 Å². The first-order valence-electron chi connectivity index (χ1n) is 9.18. The number of methoxy groups -OCH3 is 1. The van der Waals surface area contributed by atoms with Crippen molar-refractivity contribution in [3.63, 3.8) is 0 Å². The van der Waals surface area contributed by atoms with Gasteiger partial charge in [0, 0.05) is 6.54 Å². The molecule has 2 aromatic carbocycles. The van der Waals surface area contributed by atoms with Crippen molar-refractivity contribution in [2.24, 2.45) is 0 Å². The van der Waals surface area contributed by atoms with Crippen molar-refractivity contribution in [3.8, 4) is 11.5 Å². The van der Waals surface area contributed by atoms with Gasteiger partial charge in [0.1, 0.15) is 11.5 Å². The van der Waals surface area contributed by atoms with E-state index in [0.29, 0.717) is 29.0 Å². The van der Waals surface area contributed by atoms with Gasteiger partial charge in [-0.3, -0.25) is 9.69 Å². The first-order valence-corrected chi connectivity index (χ1v) is 9.18. The van der Waals surface area contributed by atoms with Gasteiger partial charge in [-0.1, -0.05) is 26.0 Å². The first-order chi connectivity index (χ1) is 13.5. The average Bonchev–Trinajstić information content (AvgIpc) is 3.03. The second-order valence-electron chi connectivity index (χ2n) is 6.45. The summed E-state index contributed by atoms with van der Waals surface area (Å²) in [7, 11) is 1.33. The Bertz CT molecular complexity index is 927. The van der Waals surface area contributed by atoms with Crippen LogP contribution in [-0.2, 0) is 11.3 Å². The molecule has 0 saturated heterocycles. The lowest BCUT2D eigenvalue weighted by Crippen LogP contribution is -2.22. The molecule has 0 spiro atoms. The van der Waals surface area contributed by atoms with Gasteiger partial charge in [0.25, 0.3) is 0 Å². The number of aromatic hydroxyl groups is 1. The third kappa shape index (κ3) is 3.77. The molecule has 0 atom stereocenters. The predicted octanol–water partition coefficient (Wildman–Crippen LogP) is 3.64. The molecule has 0 aliphatic carbocycles. The maximum Gasteiger partial charge on any atom is 0.337 e. The summed E-state index contributed by atoms with van der Waals surface area (Å²) in [5, 5.41) is 10.3. The van der Waals surface area contributed by atoms with Crippen LogP contribution in [0.2, 0.25) is 0 Å². The van der Waals surface area contributed by atoms with Gasteiger partial charge < -0.3 is 14.6 Å². The Morgan fingerprint density at radius 2 is 1.82 bits per heavy atom. The van der Waals surface area contributed by atoms with Crippen LogP contribution in [0.15, 0.2) is 42.2 Å². The van der Waals surface area contributed by atoms with Crippen LogP contribution < -0.4 is 4.74 Å². The lowest BCUT2D eigenvalue weighted by molar-refractivity contribution is 0.0600. The van der Waals surface area contributed by atoms with E-state index in [9.17, 15) is 14.7 Å². The zero-order valence-corrected chi connectivity index (χ0v) is 16.2. The summed E-state index contributed by atoms with van der Waals surface area (Å²) in [5.74, 6) is 0.0628. The molecular formula is C22H23NO5. The van der Waals surface area contributed by atoms with Crippen molar-refractivity contribution in [1.82, 2.24) is 4.90 Å². The molecule has 0 aromatic heterocycles. The van der Waals surface area contributed by atoms with Gasteiger partial charge >= 0.3 is 5.97 Å². The van der Waals surface area contributed by atoms with E-state index in [-0.39, 0.29) is 17.3 Å². The van der Waals surface area contributed by atoms with Gasteiger partial charge in [-0.05, 0) is 49.0 Å². The standard InChI is InChI=1S/C22H23NO5/c1-4-23(5-2)13-17-18(24)11-10-16-20(25)19(28-21(16)17)12-14-6-8-15(9-7-14)22(26)27-3/h6-12,24H,4-5,13H2,1-3H3/b19-12+. The zero-order valence-electron chi connectivity index (χ0n) is 16.2. The van der Waals surface area contributed by atoms with Crippen molar-refractivity contribution in [2.75, 3.05) is 20.2 Å². The largest absolute Gasteiger partial charge is 0.507 e. The van der Waals surface area contributed by atoms with Crippen molar-refractivity contribution < 1.29 is 24.2 Å². The van der Waals surface area contributed by atoms with Crippen LogP contribution in [0.1, 0.15) is 45.7 Å². The predicted molar refractivity (Wildman–Crippen MR) is 105 cm³/mol. The van der Waals surface area contributed by atoms with Crippen LogP contribution in [0, 0.1) is 0 Å². The number of ketones is 1. The Hall–Kier alpha value is -3.12. The molecule has 146 valence electrons. The fraction of sp³-hybridized carbons (Fsp3) is 0.273. The lowest BCUT2D eigenvalue weighted by Gasteiger charge is -2.20. The summed E-state index contributed by atoms with van der Waals surface area (Å²) in [6.07, 6.45) is 1.63. The summed E-state index contributed by atoms with van der Waals surface area (Å²) in [5.41, 5.74) is 2.20. The number of nitrogens with zero attached hydrogens (tertiary/aromatic N) is 1. The Balaban J connectivity index is 1.91.